The Bertz CT molecular complexity index is 476. The number of esters is 1. The number of nitrogens with one attached hydrogen (secondary N) is 2. The number of likely N-dealkylation sites (N-methyl/N-ethyl adjacent to an activating group) is 1. The first-order chi connectivity index (χ1) is 9.10. The van der Waals surface area contributed by atoms with Crippen molar-refractivity contribution < 1.29 is 9.53 Å². The van der Waals surface area contributed by atoms with Gasteiger partial charge in [-0.15, -0.1) is 0 Å². The molecule has 1 unspecified atom stereocenters. The molecule has 1 rings (SSSR count). The van der Waals surface area contributed by atoms with Crippen molar-refractivity contribution in [3.63, 3.8) is 0 Å². The third-order valence-electron chi connectivity index (χ3n) is 2.50. The maximum absolute atomic E-state index is 11.5. The van der Waals surface area contributed by atoms with Crippen molar-refractivity contribution in [2.75, 3.05) is 19.9 Å². The lowest BCUT2D eigenvalue weighted by atomic mass is 10.2. The van der Waals surface area contributed by atoms with E-state index in [-0.39, 0.29) is 11.5 Å². The maximum atomic E-state index is 11.5. The minimum absolute atomic E-state index is 0.167. The number of aromatic amines is 1. The zero-order valence-electron chi connectivity index (χ0n) is 11.4. The van der Waals surface area contributed by atoms with Crippen LogP contribution in [-0.2, 0) is 16.0 Å². The highest BCUT2D eigenvalue weighted by atomic mass is 32.2. The van der Waals surface area contributed by atoms with Crippen molar-refractivity contribution in [1.82, 2.24) is 15.3 Å². The SMILES string of the molecule is CCCc1cc(=O)[nH]c(SCC(NC)C(=O)OC)n1. The van der Waals surface area contributed by atoms with Gasteiger partial charge in [0.05, 0.1) is 7.11 Å². The third kappa shape index (κ3) is 5.04. The summed E-state index contributed by atoms with van der Waals surface area (Å²) in [5, 5.41) is 3.39. The molecule has 0 saturated heterocycles. The second-order valence-corrected chi connectivity index (χ2v) is 4.98. The van der Waals surface area contributed by atoms with Crippen molar-refractivity contribution in [2.45, 2.75) is 31.0 Å². The number of hydrogen-bond donors (Lipinski definition) is 2. The number of aryl methyl sites for hydroxylation is 1. The number of thioether (sulfide) groups is 1. The second-order valence-electron chi connectivity index (χ2n) is 3.97. The molecule has 6 nitrogen and oxygen atoms in total. The molecular formula is C12H19N3O3S. The summed E-state index contributed by atoms with van der Waals surface area (Å²) in [7, 11) is 3.03. The fourth-order valence-electron chi connectivity index (χ4n) is 1.51. The lowest BCUT2D eigenvalue weighted by molar-refractivity contribution is -0.142. The lowest BCUT2D eigenvalue weighted by Crippen LogP contribution is -2.37. The van der Waals surface area contributed by atoms with E-state index in [1.54, 1.807) is 7.05 Å². The van der Waals surface area contributed by atoms with Gasteiger partial charge in [-0.25, -0.2) is 4.98 Å². The van der Waals surface area contributed by atoms with Crippen LogP contribution in [0.2, 0.25) is 0 Å². The van der Waals surface area contributed by atoms with E-state index in [0.29, 0.717) is 10.9 Å². The molecule has 0 radical (unpaired) electrons. The second kappa shape index (κ2) is 7.96. The Morgan fingerprint density at radius 2 is 2.37 bits per heavy atom. The predicted octanol–water partition coefficient (Wildman–Crippen LogP) is 0.575. The van der Waals surface area contributed by atoms with E-state index in [2.05, 4.69) is 20.0 Å². The summed E-state index contributed by atoms with van der Waals surface area (Å²) in [4.78, 5) is 29.9. The highest BCUT2D eigenvalue weighted by Gasteiger charge is 2.17. The molecular weight excluding hydrogens is 266 g/mol. The monoisotopic (exact) mass is 285 g/mol. The highest BCUT2D eigenvalue weighted by Crippen LogP contribution is 2.13. The van der Waals surface area contributed by atoms with Crippen molar-refractivity contribution in [3.05, 3.63) is 22.1 Å². The Morgan fingerprint density at radius 1 is 1.63 bits per heavy atom. The number of H-pyrrole nitrogens is 1. The van der Waals surface area contributed by atoms with Gasteiger partial charge in [0.1, 0.15) is 6.04 Å². The van der Waals surface area contributed by atoms with Gasteiger partial charge in [-0.3, -0.25) is 9.59 Å². The van der Waals surface area contributed by atoms with Crippen LogP contribution in [0.1, 0.15) is 19.0 Å². The van der Waals surface area contributed by atoms with Crippen LogP contribution in [0, 0.1) is 0 Å². The van der Waals surface area contributed by atoms with Crippen LogP contribution in [0.25, 0.3) is 0 Å². The lowest BCUT2D eigenvalue weighted by Gasteiger charge is -2.12. The smallest absolute Gasteiger partial charge is 0.323 e. The van der Waals surface area contributed by atoms with Gasteiger partial charge in [0.15, 0.2) is 5.16 Å². The number of carbonyl (C=O) groups excluding carboxylic acids is 1. The van der Waals surface area contributed by atoms with Crippen molar-refractivity contribution in [3.8, 4) is 0 Å². The maximum Gasteiger partial charge on any atom is 0.323 e. The number of carbonyl (C=O) groups is 1. The van der Waals surface area contributed by atoms with Gasteiger partial charge in [-0.1, -0.05) is 25.1 Å². The Balaban J connectivity index is 2.71. The van der Waals surface area contributed by atoms with Crippen molar-refractivity contribution in [2.24, 2.45) is 0 Å². The van der Waals surface area contributed by atoms with E-state index < -0.39 is 6.04 Å². The first kappa shape index (κ1) is 15.7. The van der Waals surface area contributed by atoms with Gasteiger partial charge in [-0.05, 0) is 13.5 Å². The van der Waals surface area contributed by atoms with Gasteiger partial charge in [0, 0.05) is 17.5 Å². The Hall–Kier alpha value is -1.34. The van der Waals surface area contributed by atoms with E-state index in [0.717, 1.165) is 18.5 Å². The molecule has 0 saturated carbocycles. The molecule has 0 aromatic carbocycles. The molecule has 0 fully saturated rings. The molecule has 19 heavy (non-hydrogen) atoms. The van der Waals surface area contributed by atoms with Crippen LogP contribution in [0.3, 0.4) is 0 Å². The molecule has 2 N–H and O–H groups in total. The first-order valence-corrected chi connectivity index (χ1v) is 7.07. The number of nitrogens with zero attached hydrogens (tertiary/aromatic N) is 1. The third-order valence-corrected chi connectivity index (χ3v) is 3.47. The van der Waals surface area contributed by atoms with Crippen molar-refractivity contribution in [1.29, 1.82) is 0 Å². The summed E-state index contributed by atoms with van der Waals surface area (Å²) < 4.78 is 4.67. The average Bonchev–Trinajstić information content (AvgIpc) is 2.38. The summed E-state index contributed by atoms with van der Waals surface area (Å²) in [6.45, 7) is 2.03. The molecule has 7 heteroatoms. The van der Waals surface area contributed by atoms with Crippen LogP contribution >= 0.6 is 11.8 Å². The molecule has 0 amide bonds. The number of rotatable bonds is 7. The summed E-state index contributed by atoms with van der Waals surface area (Å²) in [5.74, 6) is 0.115. The van der Waals surface area contributed by atoms with E-state index in [4.69, 9.17) is 0 Å². The average molecular weight is 285 g/mol. The standard InChI is InChI=1S/C12H19N3O3S/c1-4-5-8-6-10(16)15-12(14-8)19-7-9(13-2)11(17)18-3/h6,9,13H,4-5,7H2,1-3H3,(H,14,15,16). The zero-order valence-corrected chi connectivity index (χ0v) is 12.2. The van der Waals surface area contributed by atoms with Crippen LogP contribution in [-0.4, -0.2) is 41.9 Å². The summed E-state index contributed by atoms with van der Waals surface area (Å²) in [6, 6.07) is 1.08. The number of aromatic nitrogens is 2. The largest absolute Gasteiger partial charge is 0.468 e. The van der Waals surface area contributed by atoms with Crippen LogP contribution in [0.5, 0.6) is 0 Å². The number of ether oxygens (including phenoxy) is 1. The predicted molar refractivity (Wildman–Crippen MR) is 74.4 cm³/mol. The molecule has 0 spiro atoms. The van der Waals surface area contributed by atoms with Gasteiger partial charge < -0.3 is 15.0 Å². The summed E-state index contributed by atoms with van der Waals surface area (Å²) in [5.41, 5.74) is 0.604. The Labute approximate surface area is 116 Å². The Kier molecular flexibility index (Phi) is 6.58. The Morgan fingerprint density at radius 3 is 2.95 bits per heavy atom. The fourth-order valence-corrected chi connectivity index (χ4v) is 2.49. The van der Waals surface area contributed by atoms with Crippen LogP contribution in [0.4, 0.5) is 0 Å². The number of hydrogen-bond acceptors (Lipinski definition) is 6. The van der Waals surface area contributed by atoms with E-state index in [1.165, 1.54) is 24.9 Å². The van der Waals surface area contributed by atoms with Gasteiger partial charge in [0.25, 0.3) is 5.56 Å². The van der Waals surface area contributed by atoms with Crippen molar-refractivity contribution >= 4 is 17.7 Å². The summed E-state index contributed by atoms with van der Waals surface area (Å²) >= 11 is 1.32. The van der Waals surface area contributed by atoms with Gasteiger partial charge >= 0.3 is 5.97 Å². The first-order valence-electron chi connectivity index (χ1n) is 6.08. The quantitative estimate of drug-likeness (QED) is 0.433. The highest BCUT2D eigenvalue weighted by molar-refractivity contribution is 7.99. The van der Waals surface area contributed by atoms with Gasteiger partial charge in [-0.2, -0.15) is 0 Å². The van der Waals surface area contributed by atoms with E-state index >= 15 is 0 Å². The molecule has 0 aliphatic rings. The van der Waals surface area contributed by atoms with Gasteiger partial charge in [0.2, 0.25) is 0 Å². The molecule has 0 bridgehead atoms. The fraction of sp³-hybridized carbons (Fsp3) is 0.583. The number of methoxy groups -OCH3 is 1. The molecule has 1 aromatic rings. The molecule has 106 valence electrons. The molecule has 1 heterocycles. The molecule has 1 aromatic heterocycles. The minimum Gasteiger partial charge on any atom is -0.468 e. The molecule has 0 aliphatic carbocycles. The minimum atomic E-state index is -0.421. The van der Waals surface area contributed by atoms with E-state index in [1.807, 2.05) is 6.92 Å². The summed E-state index contributed by atoms with van der Waals surface area (Å²) in [6.07, 6.45) is 1.70. The normalized spacial score (nSPS) is 12.2. The molecule has 0 aliphatic heterocycles. The topological polar surface area (TPSA) is 84.1 Å². The van der Waals surface area contributed by atoms with Crippen LogP contribution in [0.15, 0.2) is 16.0 Å². The molecule has 1 atom stereocenters. The van der Waals surface area contributed by atoms with E-state index in [9.17, 15) is 9.59 Å². The zero-order chi connectivity index (χ0) is 14.3. The van der Waals surface area contributed by atoms with Crippen LogP contribution < -0.4 is 10.9 Å².